The SMILES string of the molecule is CC(CN)N(C)c1cc(Nc2cccs2)ncn1. The van der Waals surface area contributed by atoms with E-state index in [2.05, 4.69) is 22.2 Å². The second-order valence-corrected chi connectivity index (χ2v) is 5.01. The maximum Gasteiger partial charge on any atom is 0.136 e. The van der Waals surface area contributed by atoms with Crippen molar-refractivity contribution in [1.29, 1.82) is 0 Å². The molecule has 0 spiro atoms. The summed E-state index contributed by atoms with van der Waals surface area (Å²) in [6, 6.07) is 6.18. The Morgan fingerprint density at radius 2 is 2.33 bits per heavy atom. The molecule has 6 heteroatoms. The molecule has 0 aliphatic heterocycles. The van der Waals surface area contributed by atoms with Gasteiger partial charge < -0.3 is 16.0 Å². The van der Waals surface area contributed by atoms with Crippen molar-refractivity contribution in [2.24, 2.45) is 5.73 Å². The first-order chi connectivity index (χ1) is 8.70. The lowest BCUT2D eigenvalue weighted by atomic mass is 10.3. The Balaban J connectivity index is 2.14. The van der Waals surface area contributed by atoms with Gasteiger partial charge in [0, 0.05) is 25.7 Å². The molecule has 5 nitrogen and oxygen atoms in total. The molecule has 1 atom stereocenters. The van der Waals surface area contributed by atoms with E-state index in [1.54, 1.807) is 17.7 Å². The van der Waals surface area contributed by atoms with E-state index >= 15 is 0 Å². The summed E-state index contributed by atoms with van der Waals surface area (Å²) >= 11 is 1.64. The molecule has 0 amide bonds. The Morgan fingerprint density at radius 3 is 3.00 bits per heavy atom. The summed E-state index contributed by atoms with van der Waals surface area (Å²) in [6.45, 7) is 2.66. The minimum Gasteiger partial charge on any atom is -0.356 e. The summed E-state index contributed by atoms with van der Waals surface area (Å²) in [5.41, 5.74) is 5.66. The number of hydrogen-bond donors (Lipinski definition) is 2. The van der Waals surface area contributed by atoms with E-state index in [4.69, 9.17) is 5.73 Å². The number of nitrogens with two attached hydrogens (primary N) is 1. The fourth-order valence-electron chi connectivity index (χ4n) is 1.47. The van der Waals surface area contributed by atoms with Crippen LogP contribution in [0.1, 0.15) is 6.92 Å². The maximum atomic E-state index is 5.66. The molecule has 0 bridgehead atoms. The third-order valence-corrected chi connectivity index (χ3v) is 3.57. The second kappa shape index (κ2) is 5.79. The van der Waals surface area contributed by atoms with Gasteiger partial charge in [0.25, 0.3) is 0 Å². The fourth-order valence-corrected chi connectivity index (χ4v) is 2.09. The molecule has 0 radical (unpaired) electrons. The van der Waals surface area contributed by atoms with Gasteiger partial charge in [0.05, 0.1) is 5.00 Å². The van der Waals surface area contributed by atoms with Crippen molar-refractivity contribution < 1.29 is 0 Å². The van der Waals surface area contributed by atoms with Gasteiger partial charge in [0.1, 0.15) is 18.0 Å². The number of anilines is 3. The number of thiophene rings is 1. The van der Waals surface area contributed by atoms with Crippen LogP contribution in [0.3, 0.4) is 0 Å². The zero-order chi connectivity index (χ0) is 13.0. The molecular weight excluding hydrogens is 246 g/mol. The smallest absolute Gasteiger partial charge is 0.136 e. The normalized spacial score (nSPS) is 12.2. The van der Waals surface area contributed by atoms with Crippen LogP contribution in [0.4, 0.5) is 16.6 Å². The van der Waals surface area contributed by atoms with Crippen LogP contribution in [-0.4, -0.2) is 29.6 Å². The van der Waals surface area contributed by atoms with Crippen molar-refractivity contribution in [2.45, 2.75) is 13.0 Å². The van der Waals surface area contributed by atoms with Gasteiger partial charge in [-0.25, -0.2) is 9.97 Å². The molecule has 2 aromatic rings. The number of aromatic nitrogens is 2. The quantitative estimate of drug-likeness (QED) is 0.864. The first kappa shape index (κ1) is 12.8. The molecule has 0 aliphatic carbocycles. The van der Waals surface area contributed by atoms with E-state index in [0.29, 0.717) is 6.54 Å². The molecule has 1 unspecified atom stereocenters. The number of hydrogen-bond acceptors (Lipinski definition) is 6. The van der Waals surface area contributed by atoms with E-state index in [1.165, 1.54) is 0 Å². The van der Waals surface area contributed by atoms with Gasteiger partial charge in [-0.3, -0.25) is 0 Å². The van der Waals surface area contributed by atoms with E-state index < -0.39 is 0 Å². The first-order valence-corrected chi connectivity index (χ1v) is 6.64. The third-order valence-electron chi connectivity index (χ3n) is 2.79. The highest BCUT2D eigenvalue weighted by Gasteiger charge is 2.10. The molecule has 18 heavy (non-hydrogen) atoms. The standard InChI is InChI=1S/C12H17N5S/c1-9(7-13)17(2)11-6-10(14-8-15-11)16-12-4-3-5-18-12/h3-6,8-9H,7,13H2,1-2H3,(H,14,15,16). The van der Waals surface area contributed by atoms with Crippen LogP contribution >= 0.6 is 11.3 Å². The van der Waals surface area contributed by atoms with Crippen molar-refractivity contribution in [3.8, 4) is 0 Å². The second-order valence-electron chi connectivity index (χ2n) is 4.06. The number of rotatable bonds is 5. The Morgan fingerprint density at radius 1 is 1.50 bits per heavy atom. The lowest BCUT2D eigenvalue weighted by molar-refractivity contribution is 0.686. The number of likely N-dealkylation sites (N-methyl/N-ethyl adjacent to an activating group) is 1. The Labute approximate surface area is 111 Å². The van der Waals surface area contributed by atoms with Gasteiger partial charge in [-0.1, -0.05) is 0 Å². The largest absolute Gasteiger partial charge is 0.356 e. The minimum atomic E-state index is 0.245. The molecular formula is C12H17N5S. The average Bonchev–Trinajstić information content (AvgIpc) is 2.90. The molecule has 2 aromatic heterocycles. The molecule has 96 valence electrons. The highest BCUT2D eigenvalue weighted by atomic mass is 32.1. The van der Waals surface area contributed by atoms with Crippen LogP contribution in [0.5, 0.6) is 0 Å². The van der Waals surface area contributed by atoms with E-state index in [1.807, 2.05) is 35.5 Å². The summed E-state index contributed by atoms with van der Waals surface area (Å²) in [5.74, 6) is 1.65. The highest BCUT2D eigenvalue weighted by molar-refractivity contribution is 7.14. The summed E-state index contributed by atoms with van der Waals surface area (Å²) < 4.78 is 0. The van der Waals surface area contributed by atoms with Crippen LogP contribution in [0.2, 0.25) is 0 Å². The van der Waals surface area contributed by atoms with Crippen molar-refractivity contribution in [1.82, 2.24) is 9.97 Å². The van der Waals surface area contributed by atoms with E-state index in [9.17, 15) is 0 Å². The molecule has 0 aliphatic rings. The Kier molecular flexibility index (Phi) is 4.11. The Hall–Kier alpha value is -1.66. The van der Waals surface area contributed by atoms with Gasteiger partial charge in [0.15, 0.2) is 0 Å². The molecule has 0 aromatic carbocycles. The van der Waals surface area contributed by atoms with Crippen molar-refractivity contribution >= 4 is 28.0 Å². The topological polar surface area (TPSA) is 67.1 Å². The highest BCUT2D eigenvalue weighted by Crippen LogP contribution is 2.22. The summed E-state index contributed by atoms with van der Waals surface area (Å²) in [7, 11) is 1.98. The molecule has 0 fully saturated rings. The number of nitrogens with zero attached hydrogens (tertiary/aromatic N) is 3. The average molecular weight is 263 g/mol. The van der Waals surface area contributed by atoms with Crippen LogP contribution in [-0.2, 0) is 0 Å². The lowest BCUT2D eigenvalue weighted by Crippen LogP contribution is -2.35. The van der Waals surface area contributed by atoms with Gasteiger partial charge >= 0.3 is 0 Å². The van der Waals surface area contributed by atoms with Gasteiger partial charge in [-0.05, 0) is 24.4 Å². The van der Waals surface area contributed by atoms with E-state index in [-0.39, 0.29) is 6.04 Å². The molecule has 2 rings (SSSR count). The zero-order valence-electron chi connectivity index (χ0n) is 10.5. The van der Waals surface area contributed by atoms with Gasteiger partial charge in [0.2, 0.25) is 0 Å². The minimum absolute atomic E-state index is 0.245. The van der Waals surface area contributed by atoms with Gasteiger partial charge in [-0.2, -0.15) is 0 Å². The molecule has 0 saturated heterocycles. The predicted molar refractivity (Wildman–Crippen MR) is 76.6 cm³/mol. The summed E-state index contributed by atoms with van der Waals surface area (Å²) in [5, 5.41) is 6.33. The molecule has 0 saturated carbocycles. The van der Waals surface area contributed by atoms with Crippen molar-refractivity contribution in [3.63, 3.8) is 0 Å². The molecule has 2 heterocycles. The van der Waals surface area contributed by atoms with Crippen LogP contribution < -0.4 is 16.0 Å². The van der Waals surface area contributed by atoms with Crippen molar-refractivity contribution in [3.05, 3.63) is 29.9 Å². The maximum absolute atomic E-state index is 5.66. The number of nitrogens with one attached hydrogen (secondary N) is 1. The summed E-state index contributed by atoms with van der Waals surface area (Å²) in [6.07, 6.45) is 1.56. The van der Waals surface area contributed by atoms with Crippen LogP contribution in [0, 0.1) is 0 Å². The predicted octanol–water partition coefficient (Wildman–Crippen LogP) is 2.07. The molecule has 3 N–H and O–H groups in total. The lowest BCUT2D eigenvalue weighted by Gasteiger charge is -2.24. The fraction of sp³-hybridized carbons (Fsp3) is 0.333. The van der Waals surface area contributed by atoms with E-state index in [0.717, 1.165) is 16.6 Å². The van der Waals surface area contributed by atoms with Gasteiger partial charge in [-0.15, -0.1) is 11.3 Å². The third kappa shape index (κ3) is 2.96. The van der Waals surface area contributed by atoms with Crippen molar-refractivity contribution in [2.75, 3.05) is 23.8 Å². The summed E-state index contributed by atoms with van der Waals surface area (Å²) in [4.78, 5) is 10.5. The van der Waals surface area contributed by atoms with Crippen LogP contribution in [0.25, 0.3) is 0 Å². The van der Waals surface area contributed by atoms with Crippen LogP contribution in [0.15, 0.2) is 29.9 Å². The zero-order valence-corrected chi connectivity index (χ0v) is 11.3. The monoisotopic (exact) mass is 263 g/mol. The Bertz CT molecular complexity index is 485. The first-order valence-electron chi connectivity index (χ1n) is 5.76.